The van der Waals surface area contributed by atoms with Crippen LogP contribution in [0.25, 0.3) is 0 Å². The lowest BCUT2D eigenvalue weighted by molar-refractivity contribution is -0.122. The Labute approximate surface area is 115 Å². The molecule has 1 aromatic carbocycles. The highest BCUT2D eigenvalue weighted by Crippen LogP contribution is 2.30. The molecule has 0 bridgehead atoms. The average molecular weight is 261 g/mol. The second-order valence-electron chi connectivity index (χ2n) is 6.27. The third-order valence-corrected chi connectivity index (χ3v) is 3.55. The number of rotatable bonds is 4. The van der Waals surface area contributed by atoms with Gasteiger partial charge >= 0.3 is 0 Å². The quantitative estimate of drug-likeness (QED) is 0.904. The molecule has 0 radical (unpaired) electrons. The van der Waals surface area contributed by atoms with E-state index in [4.69, 9.17) is 4.74 Å². The highest BCUT2D eigenvalue weighted by molar-refractivity contribution is 5.80. The third kappa shape index (κ3) is 3.49. The number of benzene rings is 1. The molecule has 1 aliphatic carbocycles. The fourth-order valence-electron chi connectivity index (χ4n) is 2.06. The second-order valence-corrected chi connectivity index (χ2v) is 6.27. The van der Waals surface area contributed by atoms with E-state index in [2.05, 4.69) is 38.2 Å². The molecule has 19 heavy (non-hydrogen) atoms. The zero-order chi connectivity index (χ0) is 14.0. The van der Waals surface area contributed by atoms with Crippen molar-refractivity contribution in [2.75, 3.05) is 7.11 Å². The van der Waals surface area contributed by atoms with E-state index in [-0.39, 0.29) is 17.2 Å². The SMILES string of the molecule is COc1ccc(C(C)(C)C)cc1CNC(=O)C1CC1. The van der Waals surface area contributed by atoms with Crippen molar-refractivity contribution in [2.24, 2.45) is 5.92 Å². The number of nitrogens with one attached hydrogen (secondary N) is 1. The fraction of sp³-hybridized carbons (Fsp3) is 0.562. The summed E-state index contributed by atoms with van der Waals surface area (Å²) >= 11 is 0. The van der Waals surface area contributed by atoms with Crippen molar-refractivity contribution >= 4 is 5.91 Å². The molecule has 3 nitrogen and oxygen atoms in total. The fourth-order valence-corrected chi connectivity index (χ4v) is 2.06. The van der Waals surface area contributed by atoms with Gasteiger partial charge in [0.15, 0.2) is 0 Å². The third-order valence-electron chi connectivity index (χ3n) is 3.55. The van der Waals surface area contributed by atoms with Gasteiger partial charge in [-0.3, -0.25) is 4.79 Å². The largest absolute Gasteiger partial charge is 0.496 e. The highest BCUT2D eigenvalue weighted by Gasteiger charge is 2.29. The van der Waals surface area contributed by atoms with E-state index in [1.54, 1.807) is 7.11 Å². The Kier molecular flexibility index (Phi) is 3.83. The predicted molar refractivity (Wildman–Crippen MR) is 76.3 cm³/mol. The van der Waals surface area contributed by atoms with Gasteiger partial charge in [-0.1, -0.05) is 26.8 Å². The Hall–Kier alpha value is -1.51. The van der Waals surface area contributed by atoms with Crippen molar-refractivity contribution in [2.45, 2.75) is 45.6 Å². The number of carbonyl (C=O) groups excluding carboxylic acids is 1. The van der Waals surface area contributed by atoms with Gasteiger partial charge in [0.05, 0.1) is 7.11 Å². The number of hydrogen-bond donors (Lipinski definition) is 1. The van der Waals surface area contributed by atoms with Crippen molar-refractivity contribution < 1.29 is 9.53 Å². The first kappa shape index (κ1) is 13.9. The standard InChI is InChI=1S/C16H23NO2/c1-16(2,3)13-7-8-14(19-4)12(9-13)10-17-15(18)11-5-6-11/h7-9,11H,5-6,10H2,1-4H3,(H,17,18). The predicted octanol–water partition coefficient (Wildman–Crippen LogP) is 3.02. The van der Waals surface area contributed by atoms with Crippen molar-refractivity contribution in [1.29, 1.82) is 0 Å². The van der Waals surface area contributed by atoms with Gasteiger partial charge < -0.3 is 10.1 Å². The summed E-state index contributed by atoms with van der Waals surface area (Å²) in [6, 6.07) is 6.20. The molecule has 0 unspecified atom stereocenters. The van der Waals surface area contributed by atoms with Crippen molar-refractivity contribution in [1.82, 2.24) is 5.32 Å². The molecule has 2 rings (SSSR count). The normalized spacial score (nSPS) is 15.2. The molecule has 3 heteroatoms. The van der Waals surface area contributed by atoms with Crippen LogP contribution in [0.3, 0.4) is 0 Å². The van der Waals surface area contributed by atoms with Crippen LogP contribution in [0, 0.1) is 5.92 Å². The van der Waals surface area contributed by atoms with Gasteiger partial charge in [-0.05, 0) is 36.0 Å². The van der Waals surface area contributed by atoms with Gasteiger partial charge in [-0.25, -0.2) is 0 Å². The average Bonchev–Trinajstić information content (AvgIpc) is 3.18. The Morgan fingerprint density at radius 2 is 2.05 bits per heavy atom. The zero-order valence-corrected chi connectivity index (χ0v) is 12.2. The summed E-state index contributed by atoms with van der Waals surface area (Å²) in [5, 5.41) is 3.00. The van der Waals surface area contributed by atoms with E-state index in [1.807, 2.05) is 6.07 Å². The maximum atomic E-state index is 11.7. The van der Waals surface area contributed by atoms with Crippen molar-refractivity contribution in [3.8, 4) is 5.75 Å². The van der Waals surface area contributed by atoms with Gasteiger partial charge in [0.1, 0.15) is 5.75 Å². The number of hydrogen-bond acceptors (Lipinski definition) is 2. The van der Waals surface area contributed by atoms with Crippen molar-refractivity contribution in [3.63, 3.8) is 0 Å². The molecule has 0 spiro atoms. The molecule has 1 saturated carbocycles. The molecule has 1 N–H and O–H groups in total. The van der Waals surface area contributed by atoms with Crippen LogP contribution in [-0.2, 0) is 16.8 Å². The summed E-state index contributed by atoms with van der Waals surface area (Å²) < 4.78 is 5.37. The molecule has 1 amide bonds. The lowest BCUT2D eigenvalue weighted by Crippen LogP contribution is -2.24. The topological polar surface area (TPSA) is 38.3 Å². The molecule has 0 atom stereocenters. The summed E-state index contributed by atoms with van der Waals surface area (Å²) in [4.78, 5) is 11.7. The summed E-state index contributed by atoms with van der Waals surface area (Å²) in [6.07, 6.45) is 2.07. The maximum absolute atomic E-state index is 11.7. The van der Waals surface area contributed by atoms with Crippen LogP contribution in [0.15, 0.2) is 18.2 Å². The molecular weight excluding hydrogens is 238 g/mol. The lowest BCUT2D eigenvalue weighted by atomic mass is 9.86. The summed E-state index contributed by atoms with van der Waals surface area (Å²) in [7, 11) is 1.66. The van der Waals surface area contributed by atoms with E-state index < -0.39 is 0 Å². The summed E-state index contributed by atoms with van der Waals surface area (Å²) in [5.41, 5.74) is 2.40. The van der Waals surface area contributed by atoms with E-state index in [1.165, 1.54) is 5.56 Å². The van der Waals surface area contributed by atoms with E-state index in [0.29, 0.717) is 6.54 Å². The van der Waals surface area contributed by atoms with E-state index in [9.17, 15) is 4.79 Å². The van der Waals surface area contributed by atoms with Crippen LogP contribution >= 0.6 is 0 Å². The smallest absolute Gasteiger partial charge is 0.223 e. The summed E-state index contributed by atoms with van der Waals surface area (Å²) in [6.45, 7) is 7.09. The Balaban J connectivity index is 2.13. The van der Waals surface area contributed by atoms with Gasteiger partial charge in [-0.15, -0.1) is 0 Å². The van der Waals surface area contributed by atoms with Crippen LogP contribution in [-0.4, -0.2) is 13.0 Å². The molecule has 0 saturated heterocycles. The number of carbonyl (C=O) groups is 1. The van der Waals surface area contributed by atoms with Gasteiger partial charge in [-0.2, -0.15) is 0 Å². The number of ether oxygens (including phenoxy) is 1. The second kappa shape index (κ2) is 5.24. The van der Waals surface area contributed by atoms with Gasteiger partial charge in [0.2, 0.25) is 5.91 Å². The molecule has 0 aromatic heterocycles. The van der Waals surface area contributed by atoms with Crippen LogP contribution in [0.4, 0.5) is 0 Å². The molecule has 1 fully saturated rings. The van der Waals surface area contributed by atoms with Crippen LogP contribution < -0.4 is 10.1 Å². The monoisotopic (exact) mass is 261 g/mol. The first-order chi connectivity index (χ1) is 8.91. The van der Waals surface area contributed by atoms with Crippen molar-refractivity contribution in [3.05, 3.63) is 29.3 Å². The Morgan fingerprint density at radius 1 is 1.37 bits per heavy atom. The Morgan fingerprint density at radius 3 is 2.58 bits per heavy atom. The zero-order valence-electron chi connectivity index (χ0n) is 12.2. The van der Waals surface area contributed by atoms with E-state index >= 15 is 0 Å². The lowest BCUT2D eigenvalue weighted by Gasteiger charge is -2.21. The molecule has 0 heterocycles. The number of methoxy groups -OCH3 is 1. The molecular formula is C16H23NO2. The van der Waals surface area contributed by atoms with Gasteiger partial charge in [0, 0.05) is 18.0 Å². The minimum Gasteiger partial charge on any atom is -0.496 e. The minimum atomic E-state index is 0.0987. The molecule has 1 aliphatic rings. The first-order valence-electron chi connectivity index (χ1n) is 6.87. The van der Waals surface area contributed by atoms with Crippen LogP contribution in [0.2, 0.25) is 0 Å². The minimum absolute atomic E-state index is 0.0987. The first-order valence-corrected chi connectivity index (χ1v) is 6.87. The Bertz CT molecular complexity index is 470. The van der Waals surface area contributed by atoms with E-state index in [0.717, 1.165) is 24.2 Å². The number of amides is 1. The maximum Gasteiger partial charge on any atom is 0.223 e. The van der Waals surface area contributed by atoms with Crippen LogP contribution in [0.1, 0.15) is 44.7 Å². The molecule has 0 aliphatic heterocycles. The highest BCUT2D eigenvalue weighted by atomic mass is 16.5. The molecule has 1 aromatic rings. The van der Waals surface area contributed by atoms with Crippen LogP contribution in [0.5, 0.6) is 5.75 Å². The molecule has 104 valence electrons. The summed E-state index contributed by atoms with van der Waals surface area (Å²) in [5.74, 6) is 1.25. The van der Waals surface area contributed by atoms with Gasteiger partial charge in [0.25, 0.3) is 0 Å².